The summed E-state index contributed by atoms with van der Waals surface area (Å²) in [4.78, 5) is 48.9. The Morgan fingerprint density at radius 2 is 2.06 bits per heavy atom. The van der Waals surface area contributed by atoms with Crippen LogP contribution in [0.2, 0.25) is 0 Å². The van der Waals surface area contributed by atoms with Gasteiger partial charge >= 0.3 is 0 Å². The Hall–Kier alpha value is -3.27. The number of aryl methyl sites for hydroxylation is 2. The first-order valence-corrected chi connectivity index (χ1v) is 12.6. The van der Waals surface area contributed by atoms with Gasteiger partial charge in [0.2, 0.25) is 11.8 Å². The van der Waals surface area contributed by atoms with E-state index in [1.807, 2.05) is 19.1 Å². The number of fused-ring (bicyclic) bond motifs is 2. The number of piperidine rings is 1. The molecule has 3 aromatic rings. The van der Waals surface area contributed by atoms with E-state index in [0.29, 0.717) is 28.6 Å². The number of carbonyl (C=O) groups excluding carboxylic acids is 2. The van der Waals surface area contributed by atoms with Crippen LogP contribution in [0.4, 0.5) is 10.8 Å². The lowest BCUT2D eigenvalue weighted by atomic mass is 9.97. The van der Waals surface area contributed by atoms with Gasteiger partial charge in [0.05, 0.1) is 5.92 Å². The van der Waals surface area contributed by atoms with E-state index >= 15 is 0 Å². The molecule has 2 N–H and O–H groups in total. The molecule has 3 heterocycles. The van der Waals surface area contributed by atoms with Gasteiger partial charge in [0.25, 0.3) is 5.56 Å². The van der Waals surface area contributed by atoms with Crippen molar-refractivity contribution in [2.45, 2.75) is 45.6 Å². The van der Waals surface area contributed by atoms with E-state index in [0.717, 1.165) is 44.3 Å². The first-order chi connectivity index (χ1) is 16.5. The summed E-state index contributed by atoms with van der Waals surface area (Å²) in [6.07, 6.45) is 6.38. The van der Waals surface area contributed by atoms with Crippen LogP contribution < -0.4 is 21.1 Å². The molecular weight excluding hydrogens is 452 g/mol. The molecular formula is C24H28N6O3S. The first-order valence-electron chi connectivity index (χ1n) is 11.8. The number of thiazole rings is 1. The molecule has 0 spiro atoms. The van der Waals surface area contributed by atoms with E-state index in [2.05, 4.69) is 31.6 Å². The fourth-order valence-corrected chi connectivity index (χ4v) is 5.78. The van der Waals surface area contributed by atoms with Crippen LogP contribution in [0.3, 0.4) is 0 Å². The molecule has 1 saturated heterocycles. The van der Waals surface area contributed by atoms with Crippen LogP contribution in [0.1, 0.15) is 37.3 Å². The number of amides is 2. The lowest BCUT2D eigenvalue weighted by molar-refractivity contribution is -0.125. The number of rotatable bonds is 6. The molecule has 0 radical (unpaired) electrons. The molecule has 34 heavy (non-hydrogen) atoms. The largest absolute Gasteiger partial charge is 0.356 e. The van der Waals surface area contributed by atoms with Gasteiger partial charge in [0.1, 0.15) is 17.6 Å². The Balaban J connectivity index is 1.30. The van der Waals surface area contributed by atoms with Gasteiger partial charge < -0.3 is 15.5 Å². The summed E-state index contributed by atoms with van der Waals surface area (Å²) in [5, 5.41) is 6.47. The second kappa shape index (κ2) is 9.54. The summed E-state index contributed by atoms with van der Waals surface area (Å²) >= 11 is 1.27. The third-order valence-corrected chi connectivity index (χ3v) is 7.58. The standard InChI is InChI=1S/C24H28N6O3S/c1-2-25-22(32)17-7-4-10-29(12-17)24-28-21-20(34-24)23(33)30(14-26-21)13-19(31)27-18-9-8-15-5-3-6-16(15)11-18/h8-9,11,14,17H,2-7,10,12-13H2,1H3,(H,25,32)(H,27,31)/t17-/m0/s1. The van der Waals surface area contributed by atoms with Crippen LogP contribution in [-0.4, -0.2) is 46.0 Å². The zero-order valence-corrected chi connectivity index (χ0v) is 20.0. The minimum absolute atomic E-state index is 0.0585. The van der Waals surface area contributed by atoms with Crippen molar-refractivity contribution in [3.8, 4) is 0 Å². The monoisotopic (exact) mass is 480 g/mol. The smallest absolute Gasteiger partial charge is 0.273 e. The van der Waals surface area contributed by atoms with Crippen molar-refractivity contribution in [2.75, 3.05) is 29.9 Å². The molecule has 5 rings (SSSR count). The zero-order chi connectivity index (χ0) is 23.7. The van der Waals surface area contributed by atoms with Crippen molar-refractivity contribution in [1.29, 1.82) is 0 Å². The van der Waals surface area contributed by atoms with Crippen LogP contribution in [0.25, 0.3) is 10.3 Å². The van der Waals surface area contributed by atoms with Gasteiger partial charge in [0, 0.05) is 25.3 Å². The summed E-state index contributed by atoms with van der Waals surface area (Å²) in [6.45, 7) is 3.76. The number of nitrogens with one attached hydrogen (secondary N) is 2. The van der Waals surface area contributed by atoms with Gasteiger partial charge in [-0.05, 0) is 62.3 Å². The number of nitrogens with zero attached hydrogens (tertiary/aromatic N) is 4. The van der Waals surface area contributed by atoms with Crippen molar-refractivity contribution in [3.05, 3.63) is 46.0 Å². The summed E-state index contributed by atoms with van der Waals surface area (Å²) in [5.74, 6) is -0.303. The average Bonchev–Trinajstić information content (AvgIpc) is 3.48. The van der Waals surface area contributed by atoms with E-state index < -0.39 is 0 Å². The molecule has 0 saturated carbocycles. The van der Waals surface area contributed by atoms with Crippen LogP contribution in [0.15, 0.2) is 29.3 Å². The number of hydrogen-bond acceptors (Lipinski definition) is 7. The molecule has 1 aromatic carbocycles. The molecule has 0 unspecified atom stereocenters. The van der Waals surface area contributed by atoms with Crippen molar-refractivity contribution in [2.24, 2.45) is 5.92 Å². The number of carbonyl (C=O) groups is 2. The number of hydrogen-bond donors (Lipinski definition) is 2. The van der Waals surface area contributed by atoms with E-state index in [1.165, 1.54) is 33.4 Å². The SMILES string of the molecule is CCNC(=O)[C@H]1CCCN(c2nc3ncn(CC(=O)Nc4ccc5c(c4)CCC5)c(=O)c3s2)C1. The zero-order valence-electron chi connectivity index (χ0n) is 19.2. The Bertz CT molecular complexity index is 1300. The third kappa shape index (κ3) is 4.54. The highest BCUT2D eigenvalue weighted by Crippen LogP contribution is 2.29. The van der Waals surface area contributed by atoms with Gasteiger partial charge in [0.15, 0.2) is 10.8 Å². The first kappa shape index (κ1) is 22.5. The van der Waals surface area contributed by atoms with E-state index in [-0.39, 0.29) is 29.8 Å². The molecule has 2 aliphatic rings. The molecule has 1 aliphatic heterocycles. The third-order valence-electron chi connectivity index (χ3n) is 6.48. The summed E-state index contributed by atoms with van der Waals surface area (Å²) in [7, 11) is 0. The van der Waals surface area contributed by atoms with Gasteiger partial charge in [-0.15, -0.1) is 0 Å². The minimum atomic E-state index is -0.282. The lowest BCUT2D eigenvalue weighted by Crippen LogP contribution is -2.43. The quantitative estimate of drug-likeness (QED) is 0.561. The Kier molecular flexibility index (Phi) is 6.32. The Morgan fingerprint density at radius 1 is 1.21 bits per heavy atom. The molecule has 9 nitrogen and oxygen atoms in total. The predicted molar refractivity (Wildman–Crippen MR) is 132 cm³/mol. The summed E-state index contributed by atoms with van der Waals surface area (Å²) in [5.41, 5.74) is 3.47. The summed E-state index contributed by atoms with van der Waals surface area (Å²) in [6, 6.07) is 5.99. The topological polar surface area (TPSA) is 109 Å². The number of benzene rings is 1. The van der Waals surface area contributed by atoms with E-state index in [4.69, 9.17) is 0 Å². The number of aromatic nitrogens is 3. The van der Waals surface area contributed by atoms with E-state index in [9.17, 15) is 14.4 Å². The molecule has 1 aliphatic carbocycles. The molecule has 2 aromatic heterocycles. The molecule has 0 bridgehead atoms. The van der Waals surface area contributed by atoms with Crippen molar-refractivity contribution in [3.63, 3.8) is 0 Å². The molecule has 1 atom stereocenters. The highest BCUT2D eigenvalue weighted by atomic mass is 32.1. The maximum atomic E-state index is 13.1. The highest BCUT2D eigenvalue weighted by molar-refractivity contribution is 7.22. The molecule has 178 valence electrons. The minimum Gasteiger partial charge on any atom is -0.356 e. The molecule has 10 heteroatoms. The maximum absolute atomic E-state index is 13.1. The molecule has 2 amide bonds. The summed E-state index contributed by atoms with van der Waals surface area (Å²) < 4.78 is 1.74. The fourth-order valence-electron chi connectivity index (χ4n) is 4.77. The van der Waals surface area contributed by atoms with Crippen LogP contribution in [-0.2, 0) is 29.0 Å². The van der Waals surface area contributed by atoms with Crippen LogP contribution >= 0.6 is 11.3 Å². The highest BCUT2D eigenvalue weighted by Gasteiger charge is 2.27. The van der Waals surface area contributed by atoms with Gasteiger partial charge in [-0.2, -0.15) is 4.98 Å². The Labute approximate surface area is 201 Å². The van der Waals surface area contributed by atoms with Gasteiger partial charge in [-0.1, -0.05) is 17.4 Å². The second-order valence-electron chi connectivity index (χ2n) is 8.89. The normalized spacial score (nSPS) is 17.6. The van der Waals surface area contributed by atoms with E-state index in [1.54, 1.807) is 0 Å². The average molecular weight is 481 g/mol. The van der Waals surface area contributed by atoms with Crippen molar-refractivity contribution < 1.29 is 9.59 Å². The predicted octanol–water partition coefficient (Wildman–Crippen LogP) is 2.33. The van der Waals surface area contributed by atoms with Crippen LogP contribution in [0, 0.1) is 5.92 Å². The lowest BCUT2D eigenvalue weighted by Gasteiger charge is -2.31. The van der Waals surface area contributed by atoms with Crippen molar-refractivity contribution >= 4 is 44.3 Å². The fraction of sp³-hybridized carbons (Fsp3) is 0.458. The van der Waals surface area contributed by atoms with Gasteiger partial charge in [-0.3, -0.25) is 19.0 Å². The number of anilines is 2. The maximum Gasteiger partial charge on any atom is 0.273 e. The van der Waals surface area contributed by atoms with Crippen LogP contribution in [0.5, 0.6) is 0 Å². The van der Waals surface area contributed by atoms with Crippen molar-refractivity contribution in [1.82, 2.24) is 19.9 Å². The van der Waals surface area contributed by atoms with Gasteiger partial charge in [-0.25, -0.2) is 4.98 Å². The second-order valence-corrected chi connectivity index (χ2v) is 9.87. The molecule has 1 fully saturated rings. The Morgan fingerprint density at radius 3 is 2.91 bits per heavy atom.